The molecule has 124 valence electrons. The third kappa shape index (κ3) is 3.27. The van der Waals surface area contributed by atoms with Crippen LogP contribution < -0.4 is 4.74 Å². The highest BCUT2D eigenvalue weighted by molar-refractivity contribution is 5.99. The van der Waals surface area contributed by atoms with Crippen LogP contribution in [0, 0.1) is 51.7 Å². The fraction of sp³-hybridized carbons (Fsp3) is 0.316. The van der Waals surface area contributed by atoms with Gasteiger partial charge in [-0.2, -0.15) is 15.8 Å². The second-order valence-corrected chi connectivity index (χ2v) is 5.71. The number of ether oxygens (including phenoxy) is 1. The van der Waals surface area contributed by atoms with Crippen LogP contribution in [-0.4, -0.2) is 18.6 Å². The highest BCUT2D eigenvalue weighted by atomic mass is 16.5. The first-order chi connectivity index (χ1) is 12.0. The van der Waals surface area contributed by atoms with Gasteiger partial charge in [0.1, 0.15) is 11.5 Å². The zero-order valence-corrected chi connectivity index (χ0v) is 13.9. The summed E-state index contributed by atoms with van der Waals surface area (Å²) in [5.41, 5.74) is 1.15. The molecule has 0 N–H and O–H groups in total. The smallest absolute Gasteiger partial charge is 0.172 e. The number of Topliss-reactive ketones (excluding diaryl/α,β-unsaturated/α-hetero) is 1. The van der Waals surface area contributed by atoms with Crippen LogP contribution in [0.2, 0.25) is 0 Å². The lowest BCUT2D eigenvalue weighted by atomic mass is 9.69. The Labute approximate surface area is 146 Å². The number of carbonyl (C=O) groups excluding carboxylic acids is 1. The molecule has 1 aliphatic heterocycles. The molecule has 2 rings (SSSR count). The Balaban J connectivity index is 2.63. The lowest BCUT2D eigenvalue weighted by molar-refractivity contribution is -0.120. The largest absolute Gasteiger partial charge is 0.497 e. The number of ketones is 1. The molecule has 0 spiro atoms. The predicted molar refractivity (Wildman–Crippen MR) is 90.3 cm³/mol. The molecule has 1 heterocycles. The molecule has 1 aliphatic rings. The van der Waals surface area contributed by atoms with Crippen molar-refractivity contribution in [1.29, 1.82) is 15.8 Å². The van der Waals surface area contributed by atoms with Crippen molar-refractivity contribution in [2.45, 2.75) is 12.8 Å². The van der Waals surface area contributed by atoms with Crippen LogP contribution in [0.25, 0.3) is 0 Å². The van der Waals surface area contributed by atoms with Crippen molar-refractivity contribution in [3.8, 4) is 24.0 Å². The van der Waals surface area contributed by atoms with Gasteiger partial charge in [0, 0.05) is 11.6 Å². The molecular weight excluding hydrogens is 316 g/mol. The molecule has 6 nitrogen and oxygen atoms in total. The van der Waals surface area contributed by atoms with Crippen LogP contribution >= 0.6 is 0 Å². The molecule has 25 heavy (non-hydrogen) atoms. The molecule has 0 unspecified atom stereocenters. The molecule has 0 saturated carbocycles. The van der Waals surface area contributed by atoms with E-state index in [-0.39, 0.29) is 17.2 Å². The van der Waals surface area contributed by atoms with Crippen molar-refractivity contribution < 1.29 is 9.53 Å². The van der Waals surface area contributed by atoms with Gasteiger partial charge in [-0.25, -0.2) is 0 Å². The number of allylic oxidation sites excluding steroid dienone is 1. The summed E-state index contributed by atoms with van der Waals surface area (Å²) in [6.45, 7) is 5.26. The SMILES string of the molecule is C=C1N=C(C(C#N)C#N)[C@H](C#N)[C@@H](c2ccc(OC)cc2)[C@@H]1C(C)=O. The van der Waals surface area contributed by atoms with E-state index in [1.165, 1.54) is 6.92 Å². The van der Waals surface area contributed by atoms with E-state index in [1.54, 1.807) is 31.4 Å². The van der Waals surface area contributed by atoms with Crippen molar-refractivity contribution >= 4 is 11.5 Å². The van der Waals surface area contributed by atoms with Gasteiger partial charge in [0.25, 0.3) is 0 Å². The summed E-state index contributed by atoms with van der Waals surface area (Å²) in [5, 5.41) is 28.1. The van der Waals surface area contributed by atoms with Crippen molar-refractivity contribution in [2.24, 2.45) is 22.7 Å². The van der Waals surface area contributed by atoms with E-state index in [4.69, 9.17) is 4.74 Å². The Morgan fingerprint density at radius 3 is 2.28 bits per heavy atom. The van der Waals surface area contributed by atoms with Gasteiger partial charge in [-0.15, -0.1) is 0 Å². The molecule has 1 aromatic carbocycles. The zero-order valence-electron chi connectivity index (χ0n) is 13.9. The minimum absolute atomic E-state index is 0.149. The maximum atomic E-state index is 12.2. The zero-order chi connectivity index (χ0) is 18.6. The van der Waals surface area contributed by atoms with Crippen LogP contribution in [0.15, 0.2) is 41.5 Å². The Morgan fingerprint density at radius 1 is 1.24 bits per heavy atom. The van der Waals surface area contributed by atoms with E-state index in [0.29, 0.717) is 5.75 Å². The van der Waals surface area contributed by atoms with Gasteiger partial charge < -0.3 is 4.74 Å². The molecule has 0 saturated heterocycles. The molecule has 6 heteroatoms. The first kappa shape index (κ1) is 17.9. The summed E-state index contributed by atoms with van der Waals surface area (Å²) in [5.74, 6) is -2.78. The van der Waals surface area contributed by atoms with Gasteiger partial charge in [-0.05, 0) is 24.6 Å². The van der Waals surface area contributed by atoms with Crippen LogP contribution in [0.5, 0.6) is 5.75 Å². The molecular formula is C19H16N4O2. The maximum Gasteiger partial charge on any atom is 0.172 e. The second-order valence-electron chi connectivity index (χ2n) is 5.71. The van der Waals surface area contributed by atoms with Gasteiger partial charge in [0.2, 0.25) is 0 Å². The van der Waals surface area contributed by atoms with Crippen molar-refractivity contribution in [3.05, 3.63) is 42.1 Å². The Hall–Kier alpha value is -3.43. The van der Waals surface area contributed by atoms with E-state index in [9.17, 15) is 20.6 Å². The summed E-state index contributed by atoms with van der Waals surface area (Å²) >= 11 is 0. The van der Waals surface area contributed by atoms with E-state index in [0.717, 1.165) is 5.56 Å². The Morgan fingerprint density at radius 2 is 1.84 bits per heavy atom. The molecule has 3 atom stereocenters. The second kappa shape index (κ2) is 7.43. The number of aliphatic imine (C=N–C) groups is 1. The van der Waals surface area contributed by atoms with Gasteiger partial charge in [0.05, 0.1) is 42.9 Å². The standard InChI is InChI=1S/C19H16N4O2/c1-11-17(12(2)24)18(13-4-6-15(25-3)7-5-13)16(10-22)19(23-11)14(8-20)9-21/h4-7,14,16-18H,1H2,2-3H3/t16-,17+,18-/m1/s1. The molecule has 0 radical (unpaired) electrons. The summed E-state index contributed by atoms with van der Waals surface area (Å²) in [6.07, 6.45) is 0. The van der Waals surface area contributed by atoms with E-state index in [2.05, 4.69) is 17.6 Å². The predicted octanol–water partition coefficient (Wildman–Crippen LogP) is 2.76. The minimum atomic E-state index is -1.16. The number of carbonyl (C=O) groups is 1. The first-order valence-corrected chi connectivity index (χ1v) is 7.59. The normalized spacial score (nSPS) is 22.3. The molecule has 1 aromatic rings. The van der Waals surface area contributed by atoms with Crippen LogP contribution in [0.1, 0.15) is 18.4 Å². The van der Waals surface area contributed by atoms with Gasteiger partial charge in [-0.1, -0.05) is 18.7 Å². The monoisotopic (exact) mass is 332 g/mol. The molecule has 0 aromatic heterocycles. The third-order valence-electron chi connectivity index (χ3n) is 4.30. The van der Waals surface area contributed by atoms with E-state index >= 15 is 0 Å². The van der Waals surface area contributed by atoms with Crippen LogP contribution in [-0.2, 0) is 4.79 Å². The van der Waals surface area contributed by atoms with Gasteiger partial charge in [0.15, 0.2) is 5.92 Å². The number of nitrogens with zero attached hydrogens (tertiary/aromatic N) is 4. The van der Waals surface area contributed by atoms with Crippen LogP contribution in [0.4, 0.5) is 0 Å². The number of nitriles is 3. The molecule has 0 bridgehead atoms. The quantitative estimate of drug-likeness (QED) is 0.842. The summed E-state index contributed by atoms with van der Waals surface area (Å²) in [7, 11) is 1.54. The van der Waals surface area contributed by atoms with Crippen molar-refractivity contribution in [1.82, 2.24) is 0 Å². The number of rotatable bonds is 4. The summed E-state index contributed by atoms with van der Waals surface area (Å²) in [4.78, 5) is 16.4. The van der Waals surface area contributed by atoms with Crippen molar-refractivity contribution in [3.63, 3.8) is 0 Å². The number of benzene rings is 1. The van der Waals surface area contributed by atoms with E-state index in [1.807, 2.05) is 12.1 Å². The molecule has 0 fully saturated rings. The van der Waals surface area contributed by atoms with Gasteiger partial charge in [-0.3, -0.25) is 9.79 Å². The van der Waals surface area contributed by atoms with Crippen molar-refractivity contribution in [2.75, 3.05) is 7.11 Å². The number of hydrogen-bond acceptors (Lipinski definition) is 6. The highest BCUT2D eigenvalue weighted by Crippen LogP contribution is 2.43. The minimum Gasteiger partial charge on any atom is -0.497 e. The average Bonchev–Trinajstić information content (AvgIpc) is 2.62. The fourth-order valence-corrected chi connectivity index (χ4v) is 3.14. The lowest BCUT2D eigenvalue weighted by Crippen LogP contribution is -2.38. The fourth-order valence-electron chi connectivity index (χ4n) is 3.14. The van der Waals surface area contributed by atoms with Crippen LogP contribution in [0.3, 0.4) is 0 Å². The Bertz CT molecular complexity index is 835. The highest BCUT2D eigenvalue weighted by Gasteiger charge is 2.44. The molecule has 0 amide bonds. The number of methoxy groups -OCH3 is 1. The maximum absolute atomic E-state index is 12.2. The average molecular weight is 332 g/mol. The Kier molecular flexibility index (Phi) is 5.32. The lowest BCUT2D eigenvalue weighted by Gasteiger charge is -2.34. The summed E-state index contributed by atoms with van der Waals surface area (Å²) < 4.78 is 5.14. The topological polar surface area (TPSA) is 110 Å². The first-order valence-electron chi connectivity index (χ1n) is 7.59. The molecule has 0 aliphatic carbocycles. The number of hydrogen-bond donors (Lipinski definition) is 0. The van der Waals surface area contributed by atoms with Gasteiger partial charge >= 0.3 is 0 Å². The third-order valence-corrected chi connectivity index (χ3v) is 4.30. The summed E-state index contributed by atoms with van der Waals surface area (Å²) in [6, 6.07) is 12.8. The van der Waals surface area contributed by atoms with E-state index < -0.39 is 23.7 Å².